The molecule has 0 spiro atoms. The Kier molecular flexibility index (Phi) is 9.28. The largest absolute Gasteiger partial charge is 0.0616 e. The van der Waals surface area contributed by atoms with Crippen LogP contribution < -0.4 is 0 Å². The molecule has 0 heterocycles. The Bertz CT molecular complexity index is 5010. The van der Waals surface area contributed by atoms with Crippen LogP contribution in [0.25, 0.3) is 163 Å². The summed E-state index contributed by atoms with van der Waals surface area (Å²) >= 11 is 0. The van der Waals surface area contributed by atoms with Crippen LogP contribution in [0, 0.1) is 0 Å². The monoisotopic (exact) mass is 998 g/mol. The van der Waals surface area contributed by atoms with Crippen molar-refractivity contribution in [1.82, 2.24) is 0 Å². The predicted octanol–water partition coefficient (Wildman–Crippen LogP) is 22.2. The molecule has 0 atom stereocenters. The van der Waals surface area contributed by atoms with Crippen molar-refractivity contribution in [1.29, 1.82) is 0 Å². The van der Waals surface area contributed by atoms with Crippen LogP contribution in [0.2, 0.25) is 0 Å². The minimum absolute atomic E-state index is 0.172. The molecule has 0 heteroatoms. The number of hydrogen-bond donors (Lipinski definition) is 0. The lowest BCUT2D eigenvalue weighted by Gasteiger charge is -2.23. The highest BCUT2D eigenvalue weighted by Gasteiger charge is 2.36. The average Bonchev–Trinajstić information content (AvgIpc) is 3.99. The van der Waals surface area contributed by atoms with Crippen molar-refractivity contribution in [3.05, 3.63) is 278 Å². The van der Waals surface area contributed by atoms with Crippen LogP contribution in [-0.4, -0.2) is 0 Å². The first-order chi connectivity index (χ1) is 38.9. The van der Waals surface area contributed by atoms with Crippen LogP contribution in [-0.2, 0) is 5.41 Å². The Hall–Kier alpha value is -9.88. The molecular weight excluding hydrogens is 949 g/mol. The molecule has 1 aliphatic rings. The number of benzene rings is 16. The molecular formula is C79H50. The van der Waals surface area contributed by atoms with Gasteiger partial charge in [0.1, 0.15) is 0 Å². The Morgan fingerprint density at radius 2 is 0.443 bits per heavy atom. The summed E-state index contributed by atoms with van der Waals surface area (Å²) in [5.41, 5.74) is 15.2. The Labute approximate surface area is 458 Å². The third-order valence-electron chi connectivity index (χ3n) is 18.1. The fraction of sp³-hybridized carbons (Fsp3) is 0.0380. The molecule has 16 aromatic carbocycles. The maximum Gasteiger partial charge on any atom is 0.0159 e. The average molecular weight is 999 g/mol. The molecule has 0 nitrogen and oxygen atoms in total. The van der Waals surface area contributed by atoms with Crippen molar-refractivity contribution in [3.8, 4) is 55.6 Å². The normalized spacial score (nSPS) is 13.0. The molecule has 17 rings (SSSR count). The maximum atomic E-state index is 2.46. The minimum atomic E-state index is -0.172. The molecule has 1 aliphatic carbocycles. The summed E-state index contributed by atoms with van der Waals surface area (Å²) in [6.07, 6.45) is 0. The molecule has 0 aliphatic heterocycles. The summed E-state index contributed by atoms with van der Waals surface area (Å²) in [4.78, 5) is 0. The maximum absolute atomic E-state index is 2.46. The van der Waals surface area contributed by atoms with Gasteiger partial charge in [-0.1, -0.05) is 232 Å². The van der Waals surface area contributed by atoms with Crippen molar-refractivity contribution >= 4 is 108 Å². The first-order valence-electron chi connectivity index (χ1n) is 27.8. The highest BCUT2D eigenvalue weighted by Crippen LogP contribution is 2.52. The van der Waals surface area contributed by atoms with E-state index in [0.717, 1.165) is 0 Å². The molecule has 79 heavy (non-hydrogen) atoms. The van der Waals surface area contributed by atoms with Crippen molar-refractivity contribution in [2.24, 2.45) is 0 Å². The van der Waals surface area contributed by atoms with E-state index < -0.39 is 0 Å². The predicted molar refractivity (Wildman–Crippen MR) is 341 cm³/mol. The van der Waals surface area contributed by atoms with Crippen LogP contribution >= 0.6 is 0 Å². The number of hydrogen-bond acceptors (Lipinski definition) is 0. The zero-order valence-electron chi connectivity index (χ0n) is 43.9. The Morgan fingerprint density at radius 3 is 0.810 bits per heavy atom. The third kappa shape index (κ3) is 6.50. The Balaban J connectivity index is 0.694. The molecule has 0 amide bonds. The fourth-order valence-corrected chi connectivity index (χ4v) is 14.3. The summed E-state index contributed by atoms with van der Waals surface area (Å²) < 4.78 is 0. The van der Waals surface area contributed by atoms with Gasteiger partial charge < -0.3 is 0 Å². The summed E-state index contributed by atoms with van der Waals surface area (Å²) in [6, 6.07) is 101. The van der Waals surface area contributed by atoms with Gasteiger partial charge in [-0.05, 0) is 223 Å². The van der Waals surface area contributed by atoms with E-state index in [1.165, 1.54) is 174 Å². The van der Waals surface area contributed by atoms with Crippen molar-refractivity contribution in [2.45, 2.75) is 19.3 Å². The molecule has 0 radical (unpaired) electrons. The standard InChI is InChI=1S/C79H50/c1-79(2)75-43-53(49-27-29-51-41-55(33-31-47(51)39-49)71-45-73-61-19-5-3-15-57(61)59-17-7-11-23-67(59)77(73)69-25-13-9-21-63(69)71)35-37-65(75)66-38-36-54(44-76(66)79)50-28-30-52-42-56(34-32-48(52)40-50)72-46-74-62-20-6-4-16-58(62)60-18-8-12-24-68(60)78(74)70-26-14-10-22-64(70)72/h3-46H,1-2H3. The molecule has 0 aromatic heterocycles. The zero-order valence-corrected chi connectivity index (χ0v) is 43.9. The van der Waals surface area contributed by atoms with E-state index in [0.29, 0.717) is 0 Å². The van der Waals surface area contributed by atoms with E-state index in [1.807, 2.05) is 0 Å². The topological polar surface area (TPSA) is 0 Å². The van der Waals surface area contributed by atoms with E-state index in [4.69, 9.17) is 0 Å². The summed E-state index contributed by atoms with van der Waals surface area (Å²) in [6.45, 7) is 4.80. The fourth-order valence-electron chi connectivity index (χ4n) is 14.3. The van der Waals surface area contributed by atoms with E-state index in [2.05, 4.69) is 281 Å². The van der Waals surface area contributed by atoms with E-state index >= 15 is 0 Å². The Morgan fingerprint density at radius 1 is 0.190 bits per heavy atom. The van der Waals surface area contributed by atoms with E-state index in [-0.39, 0.29) is 5.41 Å². The lowest BCUT2D eigenvalue weighted by atomic mass is 9.80. The van der Waals surface area contributed by atoms with Crippen LogP contribution in [0.1, 0.15) is 25.0 Å². The van der Waals surface area contributed by atoms with Crippen LogP contribution in [0.4, 0.5) is 0 Å². The van der Waals surface area contributed by atoms with Gasteiger partial charge in [-0.2, -0.15) is 0 Å². The molecule has 16 aromatic rings. The number of rotatable bonds is 4. The second kappa shape index (κ2) is 16.6. The highest BCUT2D eigenvalue weighted by atomic mass is 14.4. The lowest BCUT2D eigenvalue weighted by Crippen LogP contribution is -2.15. The van der Waals surface area contributed by atoms with Gasteiger partial charge in [-0.3, -0.25) is 0 Å². The SMILES string of the molecule is CC1(C)c2cc(-c3ccc4cc(-c5cc6c7ccccc7c7ccccc7c6c6ccccc56)ccc4c3)ccc2-c2ccc(-c3ccc4cc(-c5cc6c7ccccc7c7ccccc7c6c6ccccc56)ccc4c3)cc21. The van der Waals surface area contributed by atoms with Gasteiger partial charge in [0.25, 0.3) is 0 Å². The third-order valence-corrected chi connectivity index (χ3v) is 18.1. The molecule has 0 saturated carbocycles. The summed E-state index contributed by atoms with van der Waals surface area (Å²) in [7, 11) is 0. The number of fused-ring (bicyclic) bond motifs is 21. The molecule has 0 bridgehead atoms. The van der Waals surface area contributed by atoms with Gasteiger partial charge in [-0.15, -0.1) is 0 Å². The van der Waals surface area contributed by atoms with Crippen LogP contribution in [0.3, 0.4) is 0 Å². The van der Waals surface area contributed by atoms with E-state index in [9.17, 15) is 0 Å². The second-order valence-corrected chi connectivity index (χ2v) is 22.7. The van der Waals surface area contributed by atoms with Gasteiger partial charge in [0.2, 0.25) is 0 Å². The summed E-state index contributed by atoms with van der Waals surface area (Å²) in [5, 5.41) is 25.8. The zero-order chi connectivity index (χ0) is 52.1. The quantitative estimate of drug-likeness (QED) is 0.154. The molecule has 0 unspecified atom stereocenters. The molecule has 366 valence electrons. The van der Waals surface area contributed by atoms with Gasteiger partial charge in [0, 0.05) is 5.41 Å². The smallest absolute Gasteiger partial charge is 0.0159 e. The van der Waals surface area contributed by atoms with Crippen LogP contribution in [0.5, 0.6) is 0 Å². The second-order valence-electron chi connectivity index (χ2n) is 22.7. The van der Waals surface area contributed by atoms with Gasteiger partial charge >= 0.3 is 0 Å². The minimum Gasteiger partial charge on any atom is -0.0616 e. The molecule has 0 N–H and O–H groups in total. The summed E-state index contributed by atoms with van der Waals surface area (Å²) in [5.74, 6) is 0. The van der Waals surface area contributed by atoms with Gasteiger partial charge in [-0.25, -0.2) is 0 Å². The molecule has 0 saturated heterocycles. The van der Waals surface area contributed by atoms with Crippen LogP contribution in [0.15, 0.2) is 267 Å². The van der Waals surface area contributed by atoms with Crippen molar-refractivity contribution in [2.75, 3.05) is 0 Å². The first kappa shape index (κ1) is 44.3. The van der Waals surface area contributed by atoms with Gasteiger partial charge in [0.05, 0.1) is 0 Å². The van der Waals surface area contributed by atoms with Crippen molar-refractivity contribution < 1.29 is 0 Å². The van der Waals surface area contributed by atoms with Gasteiger partial charge in [0.15, 0.2) is 0 Å². The first-order valence-corrected chi connectivity index (χ1v) is 27.8. The van der Waals surface area contributed by atoms with E-state index in [1.54, 1.807) is 0 Å². The highest BCUT2D eigenvalue weighted by molar-refractivity contribution is 6.34. The lowest BCUT2D eigenvalue weighted by molar-refractivity contribution is 0.661. The molecule has 0 fully saturated rings. The van der Waals surface area contributed by atoms with Crippen molar-refractivity contribution in [3.63, 3.8) is 0 Å².